The van der Waals surface area contributed by atoms with Gasteiger partial charge in [-0.15, -0.1) is 0 Å². The lowest BCUT2D eigenvalue weighted by Gasteiger charge is -2.26. The first kappa shape index (κ1) is 22.8. The Hall–Kier alpha value is -2.42. The largest absolute Gasteiger partial charge is 0.416 e. The summed E-state index contributed by atoms with van der Waals surface area (Å²) in [7, 11) is 0. The molecule has 172 valence electrons. The molecule has 2 aromatic carbocycles. The fraction of sp³-hybridized carbons (Fsp3) is 0.458. The minimum atomic E-state index is -4.32. The standard InChI is InChI=1S/C24H28F3N3O2/c25-24(26,27)21-6-4-18(5-7-21)15-30-9-8-22(17-30)28-23(31)20-3-1-2-19(14-20)16-29-10-12-32-13-11-29/h1-7,14,22H,8-13,15-17H2,(H,28,31). The Morgan fingerprint density at radius 3 is 2.41 bits per heavy atom. The molecule has 0 aromatic heterocycles. The van der Waals surface area contributed by atoms with Crippen LogP contribution in [0.25, 0.3) is 0 Å². The molecule has 1 N–H and O–H groups in total. The highest BCUT2D eigenvalue weighted by Gasteiger charge is 2.30. The first-order valence-electron chi connectivity index (χ1n) is 11.0. The molecule has 2 aliphatic rings. The van der Waals surface area contributed by atoms with Crippen LogP contribution >= 0.6 is 0 Å². The second kappa shape index (κ2) is 10.0. The summed E-state index contributed by atoms with van der Waals surface area (Å²) in [6.45, 7) is 6.12. The van der Waals surface area contributed by atoms with E-state index in [1.54, 1.807) is 0 Å². The van der Waals surface area contributed by atoms with E-state index in [-0.39, 0.29) is 11.9 Å². The highest BCUT2D eigenvalue weighted by molar-refractivity contribution is 5.94. The fourth-order valence-corrected chi connectivity index (χ4v) is 4.25. The molecule has 1 unspecified atom stereocenters. The predicted octanol–water partition coefficient (Wildman–Crippen LogP) is 3.54. The van der Waals surface area contributed by atoms with Crippen LogP contribution in [0.4, 0.5) is 13.2 Å². The summed E-state index contributed by atoms with van der Waals surface area (Å²) < 4.78 is 43.5. The van der Waals surface area contributed by atoms with E-state index in [4.69, 9.17) is 4.74 Å². The summed E-state index contributed by atoms with van der Waals surface area (Å²) in [5.41, 5.74) is 1.95. The summed E-state index contributed by atoms with van der Waals surface area (Å²) in [5, 5.41) is 3.11. The number of nitrogens with zero attached hydrogens (tertiary/aromatic N) is 2. The van der Waals surface area contributed by atoms with Crippen LogP contribution in [-0.2, 0) is 24.0 Å². The Morgan fingerprint density at radius 2 is 1.69 bits per heavy atom. The average Bonchev–Trinajstić information content (AvgIpc) is 3.21. The molecule has 2 heterocycles. The molecule has 2 fully saturated rings. The van der Waals surface area contributed by atoms with Crippen molar-refractivity contribution in [1.82, 2.24) is 15.1 Å². The topological polar surface area (TPSA) is 44.8 Å². The van der Waals surface area contributed by atoms with Crippen LogP contribution in [-0.4, -0.2) is 61.1 Å². The van der Waals surface area contributed by atoms with Gasteiger partial charge in [0.05, 0.1) is 18.8 Å². The molecule has 2 aliphatic heterocycles. The Morgan fingerprint density at radius 1 is 0.969 bits per heavy atom. The van der Waals surface area contributed by atoms with E-state index < -0.39 is 11.7 Å². The maximum absolute atomic E-state index is 12.8. The third kappa shape index (κ3) is 6.09. The van der Waals surface area contributed by atoms with Gasteiger partial charge in [-0.3, -0.25) is 14.6 Å². The number of nitrogens with one attached hydrogen (secondary N) is 1. The van der Waals surface area contributed by atoms with Gasteiger partial charge in [-0.05, 0) is 41.8 Å². The Bertz CT molecular complexity index is 911. The van der Waals surface area contributed by atoms with Gasteiger partial charge < -0.3 is 10.1 Å². The number of rotatable bonds is 6. The zero-order valence-electron chi connectivity index (χ0n) is 17.9. The van der Waals surface area contributed by atoms with Gasteiger partial charge in [-0.25, -0.2) is 0 Å². The van der Waals surface area contributed by atoms with Gasteiger partial charge >= 0.3 is 6.18 Å². The van der Waals surface area contributed by atoms with Crippen molar-refractivity contribution in [1.29, 1.82) is 0 Å². The molecule has 8 heteroatoms. The number of amides is 1. The SMILES string of the molecule is O=C(NC1CCN(Cc2ccc(C(F)(F)F)cc2)C1)c1cccc(CN2CCOCC2)c1. The van der Waals surface area contributed by atoms with Crippen LogP contribution in [0.15, 0.2) is 48.5 Å². The second-order valence-electron chi connectivity index (χ2n) is 8.48. The molecule has 0 aliphatic carbocycles. The summed E-state index contributed by atoms with van der Waals surface area (Å²) in [4.78, 5) is 17.2. The molecule has 2 saturated heterocycles. The van der Waals surface area contributed by atoms with Gasteiger partial charge in [0.25, 0.3) is 5.91 Å². The van der Waals surface area contributed by atoms with Crippen LogP contribution in [0.1, 0.15) is 33.5 Å². The van der Waals surface area contributed by atoms with Crippen LogP contribution in [0.2, 0.25) is 0 Å². The third-order valence-corrected chi connectivity index (χ3v) is 5.99. The Kier molecular flexibility index (Phi) is 7.13. The van der Waals surface area contributed by atoms with E-state index in [1.807, 2.05) is 24.3 Å². The second-order valence-corrected chi connectivity index (χ2v) is 8.48. The van der Waals surface area contributed by atoms with Crippen molar-refractivity contribution < 1.29 is 22.7 Å². The quantitative estimate of drug-likeness (QED) is 0.736. The zero-order chi connectivity index (χ0) is 22.6. The van der Waals surface area contributed by atoms with E-state index in [1.165, 1.54) is 12.1 Å². The maximum atomic E-state index is 12.8. The van der Waals surface area contributed by atoms with E-state index in [0.29, 0.717) is 18.7 Å². The average molecular weight is 448 g/mol. The van der Waals surface area contributed by atoms with Gasteiger partial charge in [0.1, 0.15) is 0 Å². The number of hydrogen-bond donors (Lipinski definition) is 1. The highest BCUT2D eigenvalue weighted by Crippen LogP contribution is 2.29. The normalized spacial score (nSPS) is 20.4. The number of carbonyl (C=O) groups is 1. The monoisotopic (exact) mass is 447 g/mol. The van der Waals surface area contributed by atoms with E-state index in [9.17, 15) is 18.0 Å². The highest BCUT2D eigenvalue weighted by atomic mass is 19.4. The van der Waals surface area contributed by atoms with Crippen molar-refractivity contribution in [3.63, 3.8) is 0 Å². The van der Waals surface area contributed by atoms with E-state index in [2.05, 4.69) is 15.1 Å². The van der Waals surface area contributed by atoms with Gasteiger partial charge in [0.2, 0.25) is 0 Å². The molecule has 32 heavy (non-hydrogen) atoms. The molecular formula is C24H28F3N3O2. The van der Waals surface area contributed by atoms with Crippen LogP contribution in [0.3, 0.4) is 0 Å². The van der Waals surface area contributed by atoms with Crippen LogP contribution in [0.5, 0.6) is 0 Å². The fourth-order valence-electron chi connectivity index (χ4n) is 4.25. The van der Waals surface area contributed by atoms with E-state index in [0.717, 1.165) is 69.1 Å². The van der Waals surface area contributed by atoms with Crippen LogP contribution < -0.4 is 5.32 Å². The minimum absolute atomic E-state index is 0.0276. The summed E-state index contributed by atoms with van der Waals surface area (Å²) in [6.07, 6.45) is -3.50. The molecule has 1 atom stereocenters. The Labute approximate surface area is 186 Å². The van der Waals surface area contributed by atoms with Gasteiger partial charge in [-0.2, -0.15) is 13.2 Å². The lowest BCUT2D eigenvalue weighted by Crippen LogP contribution is -2.37. The van der Waals surface area contributed by atoms with Gasteiger partial charge in [0.15, 0.2) is 0 Å². The minimum Gasteiger partial charge on any atom is -0.379 e. The number of ether oxygens (including phenoxy) is 1. The molecule has 0 spiro atoms. The number of alkyl halides is 3. The zero-order valence-corrected chi connectivity index (χ0v) is 17.9. The molecule has 1 amide bonds. The van der Waals surface area contributed by atoms with E-state index >= 15 is 0 Å². The molecule has 0 bridgehead atoms. The van der Waals surface area contributed by atoms with Crippen molar-refractivity contribution in [2.24, 2.45) is 0 Å². The smallest absolute Gasteiger partial charge is 0.379 e. The van der Waals surface area contributed by atoms with Crippen molar-refractivity contribution >= 4 is 5.91 Å². The maximum Gasteiger partial charge on any atom is 0.416 e. The first-order valence-corrected chi connectivity index (χ1v) is 11.0. The molecule has 2 aromatic rings. The number of halogens is 3. The molecular weight excluding hydrogens is 419 g/mol. The van der Waals surface area contributed by atoms with Crippen molar-refractivity contribution in [3.05, 3.63) is 70.8 Å². The molecule has 0 saturated carbocycles. The molecule has 0 radical (unpaired) electrons. The first-order chi connectivity index (χ1) is 15.4. The lowest BCUT2D eigenvalue weighted by molar-refractivity contribution is -0.137. The number of hydrogen-bond acceptors (Lipinski definition) is 4. The van der Waals surface area contributed by atoms with Crippen molar-refractivity contribution in [2.75, 3.05) is 39.4 Å². The molecule has 5 nitrogen and oxygen atoms in total. The van der Waals surface area contributed by atoms with Crippen LogP contribution in [0, 0.1) is 0 Å². The number of carbonyl (C=O) groups excluding carboxylic acids is 1. The number of likely N-dealkylation sites (tertiary alicyclic amines) is 1. The Balaban J connectivity index is 1.28. The summed E-state index contributed by atoms with van der Waals surface area (Å²) >= 11 is 0. The number of benzene rings is 2. The summed E-state index contributed by atoms with van der Waals surface area (Å²) in [6, 6.07) is 13.0. The lowest BCUT2D eigenvalue weighted by atomic mass is 10.1. The summed E-state index contributed by atoms with van der Waals surface area (Å²) in [5.74, 6) is -0.0878. The molecule has 4 rings (SSSR count). The van der Waals surface area contributed by atoms with Gasteiger partial charge in [0, 0.05) is 50.9 Å². The third-order valence-electron chi connectivity index (χ3n) is 5.99. The van der Waals surface area contributed by atoms with Gasteiger partial charge in [-0.1, -0.05) is 24.3 Å². The number of morpholine rings is 1. The van der Waals surface area contributed by atoms with Crippen molar-refractivity contribution in [3.8, 4) is 0 Å². The predicted molar refractivity (Wildman–Crippen MR) is 115 cm³/mol. The van der Waals surface area contributed by atoms with Crippen molar-refractivity contribution in [2.45, 2.75) is 31.7 Å².